The van der Waals surface area contributed by atoms with Crippen LogP contribution >= 0.6 is 15.9 Å². The molecule has 1 aliphatic carbocycles. The third kappa shape index (κ3) is 6.40. The lowest BCUT2D eigenvalue weighted by Crippen LogP contribution is -2.30. The van der Waals surface area contributed by atoms with Crippen LogP contribution < -0.4 is 16.0 Å². The molecular weight excluding hydrogens is 406 g/mol. The Morgan fingerprint density at radius 3 is 2.56 bits per heavy atom. The van der Waals surface area contributed by atoms with E-state index in [0.717, 1.165) is 34.1 Å². The summed E-state index contributed by atoms with van der Waals surface area (Å²) in [7, 11) is 0. The Bertz CT molecular complexity index is 803. The highest BCUT2D eigenvalue weighted by molar-refractivity contribution is 9.10. The summed E-state index contributed by atoms with van der Waals surface area (Å²) in [4.78, 5) is 24.0. The molecule has 1 atom stereocenters. The molecule has 3 N–H and O–H groups in total. The van der Waals surface area contributed by atoms with Crippen molar-refractivity contribution in [1.82, 2.24) is 10.6 Å². The predicted molar refractivity (Wildman–Crippen MR) is 111 cm³/mol. The zero-order valence-corrected chi connectivity index (χ0v) is 16.9. The Labute approximate surface area is 168 Å². The summed E-state index contributed by atoms with van der Waals surface area (Å²) < 4.78 is 1.02. The molecule has 2 aromatic carbocycles. The number of hydrogen-bond acceptors (Lipinski definition) is 2. The van der Waals surface area contributed by atoms with Crippen LogP contribution in [0.25, 0.3) is 0 Å². The predicted octanol–water partition coefficient (Wildman–Crippen LogP) is 4.54. The van der Waals surface area contributed by atoms with Gasteiger partial charge in [0.2, 0.25) is 5.91 Å². The van der Waals surface area contributed by atoms with Gasteiger partial charge in [0.05, 0.1) is 6.04 Å². The largest absolute Gasteiger partial charge is 0.350 e. The van der Waals surface area contributed by atoms with Crippen LogP contribution in [0.15, 0.2) is 53.0 Å². The highest BCUT2D eigenvalue weighted by Crippen LogP contribution is 2.20. The summed E-state index contributed by atoms with van der Waals surface area (Å²) in [5, 5.41) is 8.73. The van der Waals surface area contributed by atoms with Crippen molar-refractivity contribution in [2.75, 3.05) is 5.32 Å². The van der Waals surface area contributed by atoms with Crippen molar-refractivity contribution in [2.45, 2.75) is 44.7 Å². The molecule has 6 heteroatoms. The molecule has 0 bridgehead atoms. The zero-order chi connectivity index (χ0) is 19.2. The highest BCUT2D eigenvalue weighted by Gasteiger charge is 2.23. The van der Waals surface area contributed by atoms with Gasteiger partial charge in [-0.15, -0.1) is 0 Å². The SMILES string of the molecule is CC(NC(=O)CCc1cccc(Br)c1)c1ccc(NC(=O)NC2CC2)cc1. The van der Waals surface area contributed by atoms with Gasteiger partial charge in [-0.3, -0.25) is 4.79 Å². The van der Waals surface area contributed by atoms with Gasteiger partial charge in [0.1, 0.15) is 0 Å². The fourth-order valence-corrected chi connectivity index (χ4v) is 3.23. The summed E-state index contributed by atoms with van der Waals surface area (Å²) in [6.07, 6.45) is 3.27. The van der Waals surface area contributed by atoms with Crippen LogP contribution in [-0.4, -0.2) is 18.0 Å². The van der Waals surface area contributed by atoms with Crippen molar-refractivity contribution in [1.29, 1.82) is 0 Å². The third-order valence-electron chi connectivity index (χ3n) is 4.49. The lowest BCUT2D eigenvalue weighted by atomic mass is 10.1. The Kier molecular flexibility index (Phi) is 6.50. The van der Waals surface area contributed by atoms with Crippen molar-refractivity contribution < 1.29 is 9.59 Å². The van der Waals surface area contributed by atoms with Gasteiger partial charge in [0, 0.05) is 22.6 Å². The van der Waals surface area contributed by atoms with Crippen molar-refractivity contribution in [2.24, 2.45) is 0 Å². The molecule has 1 aliphatic rings. The Hall–Kier alpha value is -2.34. The molecule has 0 radical (unpaired) electrons. The molecule has 142 valence electrons. The minimum Gasteiger partial charge on any atom is -0.350 e. The molecule has 3 rings (SSSR count). The summed E-state index contributed by atoms with van der Waals surface area (Å²) in [6.45, 7) is 1.96. The van der Waals surface area contributed by atoms with E-state index in [2.05, 4.69) is 31.9 Å². The van der Waals surface area contributed by atoms with Crippen LogP contribution in [0.1, 0.15) is 43.4 Å². The molecule has 27 heavy (non-hydrogen) atoms. The lowest BCUT2D eigenvalue weighted by molar-refractivity contribution is -0.121. The molecule has 5 nitrogen and oxygen atoms in total. The van der Waals surface area contributed by atoms with Crippen LogP contribution in [0.5, 0.6) is 0 Å². The minimum absolute atomic E-state index is 0.0217. The molecule has 3 amide bonds. The molecule has 0 aliphatic heterocycles. The van der Waals surface area contributed by atoms with Gasteiger partial charge in [0.15, 0.2) is 0 Å². The molecule has 0 spiro atoms. The monoisotopic (exact) mass is 429 g/mol. The average molecular weight is 430 g/mol. The maximum Gasteiger partial charge on any atom is 0.319 e. The molecule has 0 heterocycles. The summed E-state index contributed by atoms with van der Waals surface area (Å²) in [5.41, 5.74) is 2.87. The number of amides is 3. The number of hydrogen-bond donors (Lipinski definition) is 3. The van der Waals surface area contributed by atoms with Gasteiger partial charge in [-0.25, -0.2) is 4.79 Å². The maximum absolute atomic E-state index is 12.2. The number of anilines is 1. The first kappa shape index (κ1) is 19.4. The van der Waals surface area contributed by atoms with E-state index in [4.69, 9.17) is 0 Å². The number of nitrogens with one attached hydrogen (secondary N) is 3. The van der Waals surface area contributed by atoms with E-state index < -0.39 is 0 Å². The van der Waals surface area contributed by atoms with E-state index >= 15 is 0 Å². The van der Waals surface area contributed by atoms with Gasteiger partial charge in [-0.05, 0) is 61.6 Å². The smallest absolute Gasteiger partial charge is 0.319 e. The number of rotatable bonds is 7. The molecular formula is C21H24BrN3O2. The molecule has 2 aromatic rings. The maximum atomic E-state index is 12.2. The molecule has 1 fully saturated rings. The van der Waals surface area contributed by atoms with Gasteiger partial charge in [0.25, 0.3) is 0 Å². The average Bonchev–Trinajstić information content (AvgIpc) is 3.44. The second kappa shape index (κ2) is 9.04. The summed E-state index contributed by atoms with van der Waals surface area (Å²) >= 11 is 3.44. The number of halogens is 1. The van der Waals surface area contributed by atoms with E-state index in [1.165, 1.54) is 0 Å². The molecule has 1 unspecified atom stereocenters. The lowest BCUT2D eigenvalue weighted by Gasteiger charge is -2.15. The van der Waals surface area contributed by atoms with Crippen molar-refractivity contribution in [3.05, 3.63) is 64.1 Å². The van der Waals surface area contributed by atoms with Crippen molar-refractivity contribution in [3.8, 4) is 0 Å². The first-order valence-corrected chi connectivity index (χ1v) is 10.00. The standard InChI is InChI=1S/C21H24BrN3O2/c1-14(23-20(26)12-5-15-3-2-4-17(22)13-15)16-6-8-18(9-7-16)24-21(27)25-19-10-11-19/h2-4,6-9,13-14,19H,5,10-12H2,1H3,(H,23,26)(H2,24,25,27). The second-order valence-corrected chi connectivity index (χ2v) is 7.83. The summed E-state index contributed by atoms with van der Waals surface area (Å²) in [5.74, 6) is 0.0217. The number of urea groups is 1. The van der Waals surface area contributed by atoms with Crippen molar-refractivity contribution >= 4 is 33.6 Å². The van der Waals surface area contributed by atoms with E-state index in [0.29, 0.717) is 18.9 Å². The van der Waals surface area contributed by atoms with Crippen LogP contribution in [0.4, 0.5) is 10.5 Å². The topological polar surface area (TPSA) is 70.2 Å². The third-order valence-corrected chi connectivity index (χ3v) is 4.98. The first-order chi connectivity index (χ1) is 13.0. The van der Waals surface area contributed by atoms with E-state index in [-0.39, 0.29) is 18.0 Å². The van der Waals surface area contributed by atoms with Crippen LogP contribution in [-0.2, 0) is 11.2 Å². The van der Waals surface area contributed by atoms with E-state index in [9.17, 15) is 9.59 Å². The van der Waals surface area contributed by atoms with Crippen LogP contribution in [0, 0.1) is 0 Å². The van der Waals surface area contributed by atoms with Gasteiger partial charge in [-0.1, -0.05) is 40.2 Å². The summed E-state index contributed by atoms with van der Waals surface area (Å²) in [6, 6.07) is 15.6. The number of benzene rings is 2. The van der Waals surface area contributed by atoms with Gasteiger partial charge < -0.3 is 16.0 Å². The zero-order valence-electron chi connectivity index (χ0n) is 15.3. The highest BCUT2D eigenvalue weighted by atomic mass is 79.9. The molecule has 1 saturated carbocycles. The molecule has 0 aromatic heterocycles. The Balaban J connectivity index is 1.45. The van der Waals surface area contributed by atoms with Gasteiger partial charge in [-0.2, -0.15) is 0 Å². The first-order valence-electron chi connectivity index (χ1n) is 9.21. The van der Waals surface area contributed by atoms with Gasteiger partial charge >= 0.3 is 6.03 Å². The molecule has 0 saturated heterocycles. The Morgan fingerprint density at radius 2 is 1.89 bits per heavy atom. The normalized spacial score (nSPS) is 14.3. The second-order valence-electron chi connectivity index (χ2n) is 6.91. The van der Waals surface area contributed by atoms with E-state index in [1.54, 1.807) is 0 Å². The van der Waals surface area contributed by atoms with Crippen LogP contribution in [0.2, 0.25) is 0 Å². The fraction of sp³-hybridized carbons (Fsp3) is 0.333. The number of carbonyl (C=O) groups excluding carboxylic acids is 2. The quantitative estimate of drug-likeness (QED) is 0.604. The minimum atomic E-state index is -0.167. The number of aryl methyl sites for hydroxylation is 1. The van der Waals surface area contributed by atoms with Crippen LogP contribution in [0.3, 0.4) is 0 Å². The Morgan fingerprint density at radius 1 is 1.15 bits per heavy atom. The van der Waals surface area contributed by atoms with E-state index in [1.807, 2.05) is 55.5 Å². The van der Waals surface area contributed by atoms with Crippen molar-refractivity contribution in [3.63, 3.8) is 0 Å². The fourth-order valence-electron chi connectivity index (χ4n) is 2.78. The number of carbonyl (C=O) groups is 2.